The van der Waals surface area contributed by atoms with Crippen LogP contribution in [0.5, 0.6) is 0 Å². The number of hydrogen-bond acceptors (Lipinski definition) is 3. The number of benzene rings is 1. The zero-order valence-corrected chi connectivity index (χ0v) is 16.4. The van der Waals surface area contributed by atoms with Crippen LogP contribution in [0.25, 0.3) is 0 Å². The third-order valence-electron chi connectivity index (χ3n) is 5.15. The number of nitriles is 1. The summed E-state index contributed by atoms with van der Waals surface area (Å²) in [4.78, 5) is 12.4. The molecule has 1 aliphatic carbocycles. The fourth-order valence-electron chi connectivity index (χ4n) is 3.35. The lowest BCUT2D eigenvalue weighted by Crippen LogP contribution is -2.14. The Morgan fingerprint density at radius 3 is 2.21 bits per heavy atom. The molecule has 0 unspecified atom stereocenters. The first-order chi connectivity index (χ1) is 13.6. The molecule has 1 fully saturated rings. The van der Waals surface area contributed by atoms with E-state index >= 15 is 0 Å². The van der Waals surface area contributed by atoms with Crippen LogP contribution >= 0.6 is 0 Å². The molecule has 0 spiro atoms. The van der Waals surface area contributed by atoms with E-state index in [1.807, 2.05) is 6.07 Å². The second-order valence-electron chi connectivity index (χ2n) is 7.37. The van der Waals surface area contributed by atoms with Gasteiger partial charge in [0.1, 0.15) is 6.61 Å². The molecule has 3 nitrogen and oxygen atoms in total. The number of esters is 1. The SMILES string of the molecule is C=CCc1c(F)c(F)c(COC(=O)[C@@H]2[C@@H](/C=C(C#N)/C=C/C)C2(C)C)c(F)c1F. The minimum absolute atomic E-state index is 0.306. The van der Waals surface area contributed by atoms with Crippen molar-refractivity contribution < 1.29 is 27.1 Å². The highest BCUT2D eigenvalue weighted by Crippen LogP contribution is 2.60. The normalized spacial score (nSPS) is 20.4. The highest BCUT2D eigenvalue weighted by atomic mass is 19.2. The van der Waals surface area contributed by atoms with Gasteiger partial charge in [-0.25, -0.2) is 17.6 Å². The Kier molecular flexibility index (Phi) is 6.68. The minimum atomic E-state index is -1.60. The van der Waals surface area contributed by atoms with Crippen molar-refractivity contribution in [2.45, 2.75) is 33.8 Å². The summed E-state index contributed by atoms with van der Waals surface area (Å²) in [7, 11) is 0. The molecule has 0 aromatic heterocycles. The maximum absolute atomic E-state index is 14.2. The smallest absolute Gasteiger partial charge is 0.310 e. The summed E-state index contributed by atoms with van der Waals surface area (Å²) in [6.45, 7) is 7.67. The molecule has 154 valence electrons. The first-order valence-corrected chi connectivity index (χ1v) is 8.97. The number of carbonyl (C=O) groups excluding carboxylic acids is 1. The molecule has 1 saturated carbocycles. The van der Waals surface area contributed by atoms with Crippen LogP contribution in [0.15, 0.2) is 36.5 Å². The minimum Gasteiger partial charge on any atom is -0.460 e. The van der Waals surface area contributed by atoms with Crippen molar-refractivity contribution in [3.8, 4) is 6.07 Å². The second kappa shape index (κ2) is 8.64. The van der Waals surface area contributed by atoms with Gasteiger partial charge in [-0.3, -0.25) is 4.79 Å². The van der Waals surface area contributed by atoms with Gasteiger partial charge in [0.25, 0.3) is 0 Å². The van der Waals surface area contributed by atoms with Crippen LogP contribution in [0.1, 0.15) is 31.9 Å². The Labute approximate surface area is 167 Å². The summed E-state index contributed by atoms with van der Waals surface area (Å²) < 4.78 is 61.3. The Morgan fingerprint density at radius 2 is 1.72 bits per heavy atom. The summed E-state index contributed by atoms with van der Waals surface area (Å²) >= 11 is 0. The maximum atomic E-state index is 14.2. The number of carbonyl (C=O) groups is 1. The standard InChI is InChI=1S/C22H21F4NO2/c1-5-7-12(10-27)9-15-16(22(15,3)4)21(28)29-11-14-19(25)17(23)13(8-6-2)18(24)20(14)26/h5-7,9,15-16H,2,8,11H2,1,3-4H3/b7-5+,12-9-/t15-,16+/m1/s1. The molecule has 0 heterocycles. The van der Waals surface area contributed by atoms with Gasteiger partial charge >= 0.3 is 5.97 Å². The van der Waals surface area contributed by atoms with Crippen LogP contribution < -0.4 is 0 Å². The lowest BCUT2D eigenvalue weighted by Gasteiger charge is -2.12. The average molecular weight is 407 g/mol. The molecule has 2 atom stereocenters. The van der Waals surface area contributed by atoms with E-state index in [1.165, 1.54) is 0 Å². The monoisotopic (exact) mass is 407 g/mol. The molecule has 0 amide bonds. The Balaban J connectivity index is 2.20. The van der Waals surface area contributed by atoms with Gasteiger partial charge in [0.15, 0.2) is 23.3 Å². The Hall–Kier alpha value is -2.88. The van der Waals surface area contributed by atoms with Crippen molar-refractivity contribution >= 4 is 5.97 Å². The number of nitrogens with zero attached hydrogens (tertiary/aromatic N) is 1. The summed E-state index contributed by atoms with van der Waals surface area (Å²) in [5, 5.41) is 9.11. The lowest BCUT2D eigenvalue weighted by atomic mass is 10.1. The fourth-order valence-corrected chi connectivity index (χ4v) is 3.35. The fraction of sp³-hybridized carbons (Fsp3) is 0.364. The third-order valence-corrected chi connectivity index (χ3v) is 5.15. The first kappa shape index (κ1) is 22.4. The summed E-state index contributed by atoms with van der Waals surface area (Å²) in [5.41, 5.74) is -1.91. The van der Waals surface area contributed by atoms with Crippen molar-refractivity contribution in [2.75, 3.05) is 0 Å². The van der Waals surface area contributed by atoms with Crippen LogP contribution in [0.4, 0.5) is 17.6 Å². The summed E-state index contributed by atoms with van der Waals surface area (Å²) in [6, 6.07) is 2.01. The van der Waals surface area contributed by atoms with Crippen LogP contribution in [0.2, 0.25) is 0 Å². The van der Waals surface area contributed by atoms with Gasteiger partial charge in [-0.15, -0.1) is 6.58 Å². The van der Waals surface area contributed by atoms with Crippen molar-refractivity contribution in [2.24, 2.45) is 17.3 Å². The van der Waals surface area contributed by atoms with Crippen molar-refractivity contribution in [3.05, 3.63) is 70.9 Å². The molecule has 1 aromatic rings. The molecule has 0 saturated heterocycles. The van der Waals surface area contributed by atoms with E-state index in [2.05, 4.69) is 6.58 Å². The number of rotatable bonds is 7. The predicted octanol–water partition coefficient (Wildman–Crippen LogP) is 5.31. The maximum Gasteiger partial charge on any atom is 0.310 e. The van der Waals surface area contributed by atoms with E-state index in [-0.39, 0.29) is 12.3 Å². The molecule has 0 N–H and O–H groups in total. The van der Waals surface area contributed by atoms with E-state index in [0.29, 0.717) is 5.57 Å². The molecule has 2 rings (SSSR count). The molecule has 7 heteroatoms. The number of hydrogen-bond donors (Lipinski definition) is 0. The number of allylic oxidation sites excluding steroid dienone is 5. The van der Waals surface area contributed by atoms with Gasteiger partial charge in [0.2, 0.25) is 0 Å². The van der Waals surface area contributed by atoms with Crippen LogP contribution in [0, 0.1) is 51.9 Å². The molecular formula is C22H21F4NO2. The third kappa shape index (κ3) is 4.26. The molecule has 0 radical (unpaired) electrons. The van der Waals surface area contributed by atoms with E-state index in [9.17, 15) is 22.4 Å². The first-order valence-electron chi connectivity index (χ1n) is 8.97. The highest BCUT2D eigenvalue weighted by molar-refractivity contribution is 5.78. The van der Waals surface area contributed by atoms with Gasteiger partial charge in [0.05, 0.1) is 17.6 Å². The molecule has 0 aliphatic heterocycles. The van der Waals surface area contributed by atoms with Crippen molar-refractivity contribution in [1.82, 2.24) is 0 Å². The summed E-state index contributed by atoms with van der Waals surface area (Å²) in [5.74, 6) is -7.97. The van der Waals surface area contributed by atoms with Crippen molar-refractivity contribution in [3.63, 3.8) is 0 Å². The molecular weight excluding hydrogens is 386 g/mol. The van der Waals surface area contributed by atoms with Gasteiger partial charge in [0, 0.05) is 11.1 Å². The van der Waals surface area contributed by atoms with E-state index in [0.717, 1.165) is 6.08 Å². The zero-order chi connectivity index (χ0) is 21.9. The second-order valence-corrected chi connectivity index (χ2v) is 7.37. The van der Waals surface area contributed by atoms with E-state index < -0.39 is 58.3 Å². The van der Waals surface area contributed by atoms with E-state index in [4.69, 9.17) is 10.00 Å². The van der Waals surface area contributed by atoms with Gasteiger partial charge in [-0.05, 0) is 30.8 Å². The zero-order valence-electron chi connectivity index (χ0n) is 16.4. The molecule has 1 aromatic carbocycles. The highest BCUT2D eigenvalue weighted by Gasteiger charge is 2.61. The number of ether oxygens (including phenoxy) is 1. The van der Waals surface area contributed by atoms with Crippen molar-refractivity contribution in [1.29, 1.82) is 5.26 Å². The lowest BCUT2D eigenvalue weighted by molar-refractivity contribution is -0.147. The largest absolute Gasteiger partial charge is 0.460 e. The molecule has 29 heavy (non-hydrogen) atoms. The van der Waals surface area contributed by atoms with Gasteiger partial charge in [-0.1, -0.05) is 32.1 Å². The quantitative estimate of drug-likeness (QED) is 0.154. The van der Waals surface area contributed by atoms with Gasteiger partial charge in [-0.2, -0.15) is 5.26 Å². The topological polar surface area (TPSA) is 50.1 Å². The predicted molar refractivity (Wildman–Crippen MR) is 99.2 cm³/mol. The summed E-state index contributed by atoms with van der Waals surface area (Å²) in [6.07, 6.45) is 5.65. The number of halogens is 4. The average Bonchev–Trinajstić information content (AvgIpc) is 3.22. The molecule has 0 bridgehead atoms. The van der Waals surface area contributed by atoms with Crippen LogP contribution in [0.3, 0.4) is 0 Å². The van der Waals surface area contributed by atoms with Crippen LogP contribution in [-0.4, -0.2) is 5.97 Å². The molecule has 1 aliphatic rings. The van der Waals surface area contributed by atoms with Crippen LogP contribution in [-0.2, 0) is 22.6 Å². The van der Waals surface area contributed by atoms with Gasteiger partial charge < -0.3 is 4.74 Å². The Bertz CT molecular complexity index is 912. The van der Waals surface area contributed by atoms with E-state index in [1.54, 1.807) is 39.0 Å². The Morgan fingerprint density at radius 1 is 1.17 bits per heavy atom.